The van der Waals surface area contributed by atoms with Crippen molar-refractivity contribution in [1.29, 1.82) is 0 Å². The molecule has 47 heavy (non-hydrogen) atoms. The number of carboxylic acids is 2. The van der Waals surface area contributed by atoms with E-state index in [9.17, 15) is 19.8 Å². The molecule has 0 heterocycles. The Labute approximate surface area is 284 Å². The van der Waals surface area contributed by atoms with Gasteiger partial charge in [-0.05, 0) is 80.6 Å². The molecule has 0 radical (unpaired) electrons. The minimum atomic E-state index is -1.31. The summed E-state index contributed by atoms with van der Waals surface area (Å²) in [7, 11) is 0. The topological polar surface area (TPSA) is 186 Å². The molecule has 0 fully saturated rings. The first-order chi connectivity index (χ1) is 21.9. The Hall–Kier alpha value is -5.15. The van der Waals surface area contributed by atoms with Crippen LogP contribution in [0.15, 0.2) is 94.9 Å². The Morgan fingerprint density at radius 2 is 1.02 bits per heavy atom. The number of nitrogens with zero attached hydrogens (tertiary/aromatic N) is 2. The van der Waals surface area contributed by atoms with Crippen molar-refractivity contribution in [2.75, 3.05) is 0 Å². The molecule has 4 N–H and O–H groups in total. The molecule has 4 aromatic carbocycles. The molecule has 4 aromatic rings. The van der Waals surface area contributed by atoms with Gasteiger partial charge in [-0.3, -0.25) is 9.98 Å². The third-order valence-corrected chi connectivity index (χ3v) is 6.59. The quantitative estimate of drug-likeness (QED) is 0.106. The monoisotopic (exact) mass is 684 g/mol. The zero-order valence-electron chi connectivity index (χ0n) is 26.5. The SMILES string of the molecule is CCCCC(=Nc1ccccc1)C(CC)=Nc1ccccc1.Cc1ccc(O)c([O-])c1C(=O)O.Cc1ccc(O)c([O-])c1C(=O)O.[Ni+2]. The van der Waals surface area contributed by atoms with Crippen LogP contribution >= 0.6 is 0 Å². The van der Waals surface area contributed by atoms with Crippen molar-refractivity contribution in [3.05, 3.63) is 107 Å². The summed E-state index contributed by atoms with van der Waals surface area (Å²) in [4.78, 5) is 30.6. The van der Waals surface area contributed by atoms with Crippen LogP contribution in [-0.2, 0) is 16.5 Å². The number of phenolic OH excluding ortho intramolecular Hbond substituents is 2. The maximum absolute atomic E-state index is 11.0. The van der Waals surface area contributed by atoms with Crippen LogP contribution < -0.4 is 10.2 Å². The van der Waals surface area contributed by atoms with Crippen LogP contribution in [0.25, 0.3) is 0 Å². The van der Waals surface area contributed by atoms with Gasteiger partial charge in [0, 0.05) is 0 Å². The van der Waals surface area contributed by atoms with E-state index in [1.807, 2.05) is 60.7 Å². The van der Waals surface area contributed by atoms with E-state index in [1.165, 1.54) is 38.1 Å². The molecule has 250 valence electrons. The number of hydrogen-bond donors (Lipinski definition) is 4. The van der Waals surface area contributed by atoms with Gasteiger partial charge in [-0.1, -0.05) is 80.3 Å². The summed E-state index contributed by atoms with van der Waals surface area (Å²) in [6, 6.07) is 25.4. The molecule has 0 saturated carbocycles. The molecule has 0 saturated heterocycles. The van der Waals surface area contributed by atoms with Crippen molar-refractivity contribution in [3.8, 4) is 23.0 Å². The van der Waals surface area contributed by atoms with Crippen molar-refractivity contribution >= 4 is 34.7 Å². The molecule has 11 heteroatoms. The first-order valence-corrected chi connectivity index (χ1v) is 14.6. The smallest absolute Gasteiger partial charge is 0.869 e. The molecule has 0 aliphatic carbocycles. The summed E-state index contributed by atoms with van der Waals surface area (Å²) in [5.41, 5.74) is 4.17. The van der Waals surface area contributed by atoms with Gasteiger partial charge in [0.2, 0.25) is 0 Å². The maximum atomic E-state index is 11.0. The van der Waals surface area contributed by atoms with Crippen molar-refractivity contribution < 1.29 is 56.7 Å². The van der Waals surface area contributed by atoms with Gasteiger partial charge in [0.05, 0.1) is 33.9 Å². The van der Waals surface area contributed by atoms with Gasteiger partial charge in [0.1, 0.15) is 11.5 Å². The third kappa shape index (κ3) is 12.3. The summed E-state index contributed by atoms with van der Waals surface area (Å²) in [5.74, 6) is -5.34. The predicted molar refractivity (Wildman–Crippen MR) is 175 cm³/mol. The summed E-state index contributed by atoms with van der Waals surface area (Å²) in [6.07, 6.45) is 4.17. The number of aliphatic imine (C=N–C) groups is 2. The number of carboxylic acid groups (broad SMARTS) is 2. The van der Waals surface area contributed by atoms with E-state index in [0.29, 0.717) is 11.1 Å². The Morgan fingerprint density at radius 3 is 1.34 bits per heavy atom. The van der Waals surface area contributed by atoms with Gasteiger partial charge in [-0.15, -0.1) is 0 Å². The fourth-order valence-corrected chi connectivity index (χ4v) is 4.15. The molecule has 4 rings (SSSR count). The molecule has 0 aliphatic heterocycles. The molecule has 0 amide bonds. The van der Waals surface area contributed by atoms with Gasteiger partial charge in [-0.2, -0.15) is 0 Å². The molecule has 0 aromatic heterocycles. The first kappa shape index (κ1) is 39.9. The van der Waals surface area contributed by atoms with E-state index in [0.717, 1.165) is 48.5 Å². The Morgan fingerprint density at radius 1 is 0.638 bits per heavy atom. The maximum Gasteiger partial charge on any atom is 2.00 e. The number of benzene rings is 4. The predicted octanol–water partition coefficient (Wildman–Crippen LogP) is 7.07. The van der Waals surface area contributed by atoms with Crippen LogP contribution in [0, 0.1) is 13.8 Å². The van der Waals surface area contributed by atoms with Gasteiger partial charge in [0.15, 0.2) is 0 Å². The van der Waals surface area contributed by atoms with E-state index >= 15 is 0 Å². The largest absolute Gasteiger partial charge is 2.00 e. The number of phenols is 2. The zero-order valence-corrected chi connectivity index (χ0v) is 27.5. The van der Waals surface area contributed by atoms with E-state index in [4.69, 9.17) is 30.4 Å². The normalized spacial score (nSPS) is 10.8. The van der Waals surface area contributed by atoms with Crippen LogP contribution in [0.5, 0.6) is 23.0 Å². The summed E-state index contributed by atoms with van der Waals surface area (Å²) in [5, 5.41) is 56.9. The molecular weight excluding hydrogens is 647 g/mol. The molecular formula is C36H38N2NiO8. The summed E-state index contributed by atoms with van der Waals surface area (Å²) in [6.45, 7) is 7.36. The molecule has 0 bridgehead atoms. The standard InChI is InChI=1S/C20H24N2.2C8H8O4.Ni/c1-3-5-16-20(22-18-14-10-7-11-15-18)19(4-2)21-17-12-8-6-9-13-17;2*1-4-2-3-5(9)7(10)6(4)8(11)12;/h6-15H,3-5,16H2,1-2H3;2*2-3,9-10H,1H3,(H,11,12);/q;;;+2/p-2. The van der Waals surface area contributed by atoms with E-state index in [1.54, 1.807) is 0 Å². The average Bonchev–Trinajstić information content (AvgIpc) is 3.03. The molecule has 0 unspecified atom stereocenters. The van der Waals surface area contributed by atoms with Crippen LogP contribution in [0.4, 0.5) is 11.4 Å². The van der Waals surface area contributed by atoms with Crippen molar-refractivity contribution in [2.45, 2.75) is 53.4 Å². The minimum absolute atomic E-state index is 0. The number of unbranched alkanes of at least 4 members (excludes halogenated alkanes) is 1. The summed E-state index contributed by atoms with van der Waals surface area (Å²) < 4.78 is 0. The fourth-order valence-electron chi connectivity index (χ4n) is 4.15. The van der Waals surface area contributed by atoms with Crippen LogP contribution in [-0.4, -0.2) is 43.8 Å². The molecule has 0 atom stereocenters. The van der Waals surface area contributed by atoms with E-state index < -0.39 is 34.9 Å². The van der Waals surface area contributed by atoms with Gasteiger partial charge < -0.3 is 30.6 Å². The number of aromatic hydroxyl groups is 2. The number of hydrogen-bond acceptors (Lipinski definition) is 8. The zero-order chi connectivity index (χ0) is 34.2. The van der Waals surface area contributed by atoms with Crippen LogP contribution in [0.1, 0.15) is 71.4 Å². The van der Waals surface area contributed by atoms with Crippen LogP contribution in [0.2, 0.25) is 0 Å². The minimum Gasteiger partial charge on any atom is -0.869 e. The molecule has 0 aliphatic rings. The van der Waals surface area contributed by atoms with Gasteiger partial charge in [-0.25, -0.2) is 9.59 Å². The fraction of sp³-hybridized carbons (Fsp3) is 0.222. The number of rotatable bonds is 9. The number of aryl methyl sites for hydroxylation is 2. The van der Waals surface area contributed by atoms with Gasteiger partial charge >= 0.3 is 28.4 Å². The van der Waals surface area contributed by atoms with Crippen molar-refractivity contribution in [1.82, 2.24) is 0 Å². The Kier molecular flexibility index (Phi) is 17.0. The van der Waals surface area contributed by atoms with E-state index in [2.05, 4.69) is 13.8 Å². The molecule has 0 spiro atoms. The second-order valence-corrected chi connectivity index (χ2v) is 10.1. The number of aromatic carboxylic acids is 2. The second-order valence-electron chi connectivity index (χ2n) is 10.1. The van der Waals surface area contributed by atoms with Crippen molar-refractivity contribution in [3.63, 3.8) is 0 Å². The second kappa shape index (κ2) is 20.1. The molecule has 10 nitrogen and oxygen atoms in total. The van der Waals surface area contributed by atoms with Crippen LogP contribution in [0.3, 0.4) is 0 Å². The Balaban J connectivity index is 0.000000377. The number of para-hydroxylation sites is 2. The van der Waals surface area contributed by atoms with Gasteiger partial charge in [0.25, 0.3) is 0 Å². The summed E-state index contributed by atoms with van der Waals surface area (Å²) >= 11 is 0. The Bertz CT molecular complexity index is 1610. The van der Waals surface area contributed by atoms with E-state index in [-0.39, 0.29) is 27.6 Å². The van der Waals surface area contributed by atoms with Crippen molar-refractivity contribution in [2.24, 2.45) is 9.98 Å². The average molecular weight is 685 g/mol. The first-order valence-electron chi connectivity index (χ1n) is 14.6. The third-order valence-electron chi connectivity index (χ3n) is 6.59. The number of carbonyl (C=O) groups is 2.